The molecule has 32 heavy (non-hydrogen) atoms. The number of Topliss-reactive ketones (excluding diaryl/α,β-unsaturated/α-hetero) is 1. The minimum absolute atomic E-state index is 0.121. The Hall–Kier alpha value is -4.18. The van der Waals surface area contributed by atoms with Crippen molar-refractivity contribution in [3.8, 4) is 16.9 Å². The highest BCUT2D eigenvalue weighted by atomic mass is 16.5. The molecule has 4 aromatic carbocycles. The second-order valence-corrected chi connectivity index (χ2v) is 7.76. The van der Waals surface area contributed by atoms with Gasteiger partial charge in [-0.3, -0.25) is 4.79 Å². The molecule has 1 heterocycles. The molecule has 0 radical (unpaired) electrons. The molecule has 1 aromatic heterocycles. The number of fused-ring (bicyclic) bond motifs is 2. The lowest BCUT2D eigenvalue weighted by Gasteiger charge is -2.13. The molecule has 0 aliphatic heterocycles. The number of aryl methyl sites for hydroxylation is 1. The molecule has 5 aromatic rings. The van der Waals surface area contributed by atoms with Crippen LogP contribution in [0.25, 0.3) is 32.9 Å². The van der Waals surface area contributed by atoms with Gasteiger partial charge in [0.2, 0.25) is 0 Å². The van der Waals surface area contributed by atoms with Crippen molar-refractivity contribution < 1.29 is 13.9 Å². The first-order chi connectivity index (χ1) is 15.6. The molecular formula is C28H20O4. The quantitative estimate of drug-likeness (QED) is 0.252. The van der Waals surface area contributed by atoms with Gasteiger partial charge in [0.1, 0.15) is 11.3 Å². The SMILES string of the molecule is Cc1cc(OCC(=O)c2ccc3ccccc3c2)c2c(-c3ccccc3)cc(=O)oc2c1. The van der Waals surface area contributed by atoms with Gasteiger partial charge in [0.05, 0.1) is 5.39 Å². The van der Waals surface area contributed by atoms with Gasteiger partial charge in [0, 0.05) is 17.2 Å². The van der Waals surface area contributed by atoms with Crippen molar-refractivity contribution >= 4 is 27.5 Å². The maximum atomic E-state index is 12.9. The number of ether oxygens (including phenoxy) is 1. The summed E-state index contributed by atoms with van der Waals surface area (Å²) in [4.78, 5) is 25.1. The van der Waals surface area contributed by atoms with Crippen molar-refractivity contribution in [1.29, 1.82) is 0 Å². The normalized spacial score (nSPS) is 11.0. The lowest BCUT2D eigenvalue weighted by atomic mass is 10.00. The number of rotatable bonds is 5. The predicted octanol–water partition coefficient (Wildman–Crippen LogP) is 6.18. The van der Waals surface area contributed by atoms with E-state index in [0.717, 1.165) is 21.9 Å². The van der Waals surface area contributed by atoms with Gasteiger partial charge < -0.3 is 9.15 Å². The molecule has 0 atom stereocenters. The van der Waals surface area contributed by atoms with Crippen LogP contribution in [0, 0.1) is 6.92 Å². The largest absolute Gasteiger partial charge is 0.485 e. The molecular weight excluding hydrogens is 400 g/mol. The van der Waals surface area contributed by atoms with Crippen LogP contribution in [0.2, 0.25) is 0 Å². The standard InChI is InChI=1S/C28H20O4/c1-18-13-25(31-17-24(29)22-12-11-19-7-5-6-10-21(19)15-22)28-23(20-8-3-2-4-9-20)16-27(30)32-26(28)14-18/h2-16H,17H2,1H3. The lowest BCUT2D eigenvalue weighted by Crippen LogP contribution is -2.12. The lowest BCUT2D eigenvalue weighted by molar-refractivity contribution is 0.0922. The van der Waals surface area contributed by atoms with Crippen LogP contribution in [0.4, 0.5) is 0 Å². The summed E-state index contributed by atoms with van der Waals surface area (Å²) in [5, 5.41) is 2.76. The van der Waals surface area contributed by atoms with E-state index in [9.17, 15) is 9.59 Å². The topological polar surface area (TPSA) is 56.5 Å². The third-order valence-electron chi connectivity index (χ3n) is 5.47. The van der Waals surface area contributed by atoms with E-state index in [1.165, 1.54) is 6.07 Å². The van der Waals surface area contributed by atoms with E-state index in [4.69, 9.17) is 9.15 Å². The fraction of sp³-hybridized carbons (Fsp3) is 0.0714. The third kappa shape index (κ3) is 3.79. The van der Waals surface area contributed by atoms with E-state index in [0.29, 0.717) is 27.8 Å². The highest BCUT2D eigenvalue weighted by Gasteiger charge is 2.16. The Balaban J connectivity index is 1.53. The highest BCUT2D eigenvalue weighted by molar-refractivity contribution is 6.02. The molecule has 0 aliphatic carbocycles. The number of hydrogen-bond acceptors (Lipinski definition) is 4. The molecule has 0 N–H and O–H groups in total. The molecule has 0 fully saturated rings. The first kappa shape index (κ1) is 19.8. The first-order valence-electron chi connectivity index (χ1n) is 10.4. The molecule has 4 nitrogen and oxygen atoms in total. The maximum Gasteiger partial charge on any atom is 0.336 e. The van der Waals surface area contributed by atoms with Crippen molar-refractivity contribution in [2.75, 3.05) is 6.61 Å². The monoisotopic (exact) mass is 420 g/mol. The fourth-order valence-electron chi connectivity index (χ4n) is 3.94. The second-order valence-electron chi connectivity index (χ2n) is 7.76. The minimum Gasteiger partial charge on any atom is -0.485 e. The van der Waals surface area contributed by atoms with Crippen LogP contribution < -0.4 is 10.4 Å². The molecule has 0 aliphatic rings. The summed E-state index contributed by atoms with van der Waals surface area (Å²) in [6.45, 7) is 1.77. The van der Waals surface area contributed by atoms with Gasteiger partial charge in [-0.15, -0.1) is 0 Å². The van der Waals surface area contributed by atoms with E-state index >= 15 is 0 Å². The number of carbonyl (C=O) groups is 1. The summed E-state index contributed by atoms with van der Waals surface area (Å²) in [7, 11) is 0. The Kier molecular flexibility index (Phi) is 5.04. The van der Waals surface area contributed by atoms with Gasteiger partial charge in [-0.25, -0.2) is 4.79 Å². The molecule has 0 saturated heterocycles. The van der Waals surface area contributed by atoms with Crippen LogP contribution in [0.3, 0.4) is 0 Å². The zero-order chi connectivity index (χ0) is 22.1. The first-order valence-corrected chi connectivity index (χ1v) is 10.4. The Labute approximate surface area is 184 Å². The Morgan fingerprint density at radius 2 is 1.59 bits per heavy atom. The van der Waals surface area contributed by atoms with E-state index in [1.807, 2.05) is 85.8 Å². The third-order valence-corrected chi connectivity index (χ3v) is 5.47. The Bertz CT molecular complexity index is 1510. The molecule has 5 rings (SSSR count). The summed E-state index contributed by atoms with van der Waals surface area (Å²) < 4.78 is 11.5. The van der Waals surface area contributed by atoms with Crippen LogP contribution in [-0.2, 0) is 0 Å². The molecule has 0 saturated carbocycles. The van der Waals surface area contributed by atoms with Gasteiger partial charge in [0.15, 0.2) is 12.4 Å². The predicted molar refractivity (Wildman–Crippen MR) is 126 cm³/mol. The molecule has 0 spiro atoms. The van der Waals surface area contributed by atoms with Crippen molar-refractivity contribution in [3.63, 3.8) is 0 Å². The molecule has 156 valence electrons. The van der Waals surface area contributed by atoms with Crippen molar-refractivity contribution in [2.24, 2.45) is 0 Å². The van der Waals surface area contributed by atoms with E-state index in [2.05, 4.69) is 0 Å². The minimum atomic E-state index is -0.430. The molecule has 0 unspecified atom stereocenters. The van der Waals surface area contributed by atoms with Gasteiger partial charge in [-0.1, -0.05) is 66.7 Å². The zero-order valence-corrected chi connectivity index (χ0v) is 17.5. The van der Waals surface area contributed by atoms with Crippen LogP contribution in [0.15, 0.2) is 100 Å². The highest BCUT2D eigenvalue weighted by Crippen LogP contribution is 2.35. The van der Waals surface area contributed by atoms with Gasteiger partial charge in [0.25, 0.3) is 0 Å². The summed E-state index contributed by atoms with van der Waals surface area (Å²) in [6.07, 6.45) is 0. The van der Waals surface area contributed by atoms with Crippen LogP contribution >= 0.6 is 0 Å². The summed E-state index contributed by atoms with van der Waals surface area (Å²) in [5.41, 5.74) is 3.06. The number of carbonyl (C=O) groups excluding carboxylic acids is 1. The maximum absolute atomic E-state index is 12.9. The number of hydrogen-bond donors (Lipinski definition) is 0. The van der Waals surface area contributed by atoms with Crippen LogP contribution in [0.1, 0.15) is 15.9 Å². The summed E-state index contributed by atoms with van der Waals surface area (Å²) in [6, 6.07) is 28.3. The summed E-state index contributed by atoms with van der Waals surface area (Å²) in [5.74, 6) is 0.390. The van der Waals surface area contributed by atoms with Crippen LogP contribution in [-0.4, -0.2) is 12.4 Å². The number of ketones is 1. The average molecular weight is 420 g/mol. The molecule has 0 amide bonds. The molecule has 0 bridgehead atoms. The van der Waals surface area contributed by atoms with Gasteiger partial charge in [-0.05, 0) is 47.0 Å². The smallest absolute Gasteiger partial charge is 0.336 e. The Morgan fingerprint density at radius 1 is 0.844 bits per heavy atom. The van der Waals surface area contributed by atoms with Gasteiger partial charge in [-0.2, -0.15) is 0 Å². The fourth-order valence-corrected chi connectivity index (χ4v) is 3.94. The number of benzene rings is 4. The van der Waals surface area contributed by atoms with Crippen molar-refractivity contribution in [2.45, 2.75) is 6.92 Å². The zero-order valence-electron chi connectivity index (χ0n) is 17.5. The van der Waals surface area contributed by atoms with Crippen molar-refractivity contribution in [3.05, 3.63) is 113 Å². The van der Waals surface area contributed by atoms with E-state index in [1.54, 1.807) is 6.07 Å². The molecule has 4 heteroatoms. The summed E-state index contributed by atoms with van der Waals surface area (Å²) >= 11 is 0. The van der Waals surface area contributed by atoms with E-state index < -0.39 is 5.63 Å². The van der Waals surface area contributed by atoms with Gasteiger partial charge >= 0.3 is 5.63 Å². The van der Waals surface area contributed by atoms with E-state index in [-0.39, 0.29) is 12.4 Å². The average Bonchev–Trinajstić information content (AvgIpc) is 2.81. The Morgan fingerprint density at radius 3 is 2.41 bits per heavy atom. The van der Waals surface area contributed by atoms with Crippen molar-refractivity contribution in [1.82, 2.24) is 0 Å². The van der Waals surface area contributed by atoms with Crippen LogP contribution in [0.5, 0.6) is 5.75 Å². The second kappa shape index (κ2) is 8.16.